The lowest BCUT2D eigenvalue weighted by Gasteiger charge is -1.78. The van der Waals surface area contributed by atoms with Crippen molar-refractivity contribution in [2.75, 3.05) is 6.26 Å². The third-order valence-corrected chi connectivity index (χ3v) is 2.87. The fourth-order valence-corrected chi connectivity index (χ4v) is 1.87. The zero-order chi connectivity index (χ0) is 6.85. The van der Waals surface area contributed by atoms with Crippen molar-refractivity contribution in [1.82, 2.24) is 4.98 Å². The van der Waals surface area contributed by atoms with E-state index in [9.17, 15) is 0 Å². The molecule has 1 aromatic heterocycles. The summed E-state index contributed by atoms with van der Waals surface area (Å²) in [6.07, 6.45) is 1.94. The molecule has 1 heterocycles. The molecule has 0 fully saturated rings. The van der Waals surface area contributed by atoms with Crippen LogP contribution in [0.25, 0.3) is 0 Å². The van der Waals surface area contributed by atoms with Gasteiger partial charge in [-0.15, -0.1) is 11.3 Å². The van der Waals surface area contributed by atoms with Crippen molar-refractivity contribution < 1.29 is 5.11 Å². The lowest BCUT2D eigenvalue weighted by molar-refractivity contribution is 0.450. The summed E-state index contributed by atoms with van der Waals surface area (Å²) in [5.41, 5.74) is 0. The largest absolute Gasteiger partial charge is 0.492 e. The summed E-state index contributed by atoms with van der Waals surface area (Å²) >= 11 is 3.07. The molecule has 1 aromatic rings. The van der Waals surface area contributed by atoms with Crippen molar-refractivity contribution in [2.45, 2.75) is 11.3 Å². The highest BCUT2D eigenvalue weighted by Gasteiger charge is 2.02. The molecule has 0 unspecified atom stereocenters. The van der Waals surface area contributed by atoms with Crippen molar-refractivity contribution in [3.05, 3.63) is 4.88 Å². The van der Waals surface area contributed by atoms with Gasteiger partial charge >= 0.3 is 0 Å². The molecule has 0 saturated carbocycles. The van der Waals surface area contributed by atoms with Gasteiger partial charge in [-0.25, -0.2) is 0 Å². The maximum atomic E-state index is 8.96. The molecule has 0 saturated heterocycles. The quantitative estimate of drug-likeness (QED) is 0.638. The van der Waals surface area contributed by atoms with E-state index in [1.165, 1.54) is 11.3 Å². The molecule has 0 radical (unpaired) electrons. The lowest BCUT2D eigenvalue weighted by Crippen LogP contribution is -1.64. The van der Waals surface area contributed by atoms with Gasteiger partial charge in [0.25, 0.3) is 0 Å². The number of thioether (sulfide) groups is 1. The first-order chi connectivity index (χ1) is 4.24. The van der Waals surface area contributed by atoms with Gasteiger partial charge < -0.3 is 5.11 Å². The predicted octanol–water partition coefficient (Wildman–Crippen LogP) is 1.88. The number of nitrogens with zero attached hydrogens (tertiary/aromatic N) is 1. The standard InChI is InChI=1S/C5H7NOS2/c1-3-4(7)6-5(8-2)9-3/h7H,1-2H3. The normalized spacial score (nSPS) is 10.0. The van der Waals surface area contributed by atoms with Crippen molar-refractivity contribution in [1.29, 1.82) is 0 Å². The number of hydrogen-bond acceptors (Lipinski definition) is 4. The van der Waals surface area contributed by atoms with Crippen LogP contribution in [-0.4, -0.2) is 16.3 Å². The molecule has 9 heavy (non-hydrogen) atoms. The lowest BCUT2D eigenvalue weighted by atomic mass is 10.6. The third-order valence-electron chi connectivity index (χ3n) is 0.927. The SMILES string of the molecule is CSc1nc(O)c(C)s1. The number of aromatic hydroxyl groups is 1. The molecule has 0 bridgehead atoms. The van der Waals surface area contributed by atoms with Gasteiger partial charge in [-0.1, -0.05) is 11.8 Å². The first-order valence-electron chi connectivity index (χ1n) is 2.44. The second kappa shape index (κ2) is 2.58. The van der Waals surface area contributed by atoms with Crippen LogP contribution in [-0.2, 0) is 0 Å². The Hall–Kier alpha value is -0.220. The van der Waals surface area contributed by atoms with E-state index in [0.29, 0.717) is 0 Å². The van der Waals surface area contributed by atoms with Crippen LogP contribution in [0.3, 0.4) is 0 Å². The van der Waals surface area contributed by atoms with Gasteiger partial charge in [0, 0.05) is 0 Å². The minimum atomic E-state index is 0.171. The van der Waals surface area contributed by atoms with Gasteiger partial charge in [0.2, 0.25) is 5.88 Å². The van der Waals surface area contributed by atoms with Crippen molar-refractivity contribution >= 4 is 23.1 Å². The molecule has 0 aliphatic rings. The fourth-order valence-electron chi connectivity index (χ4n) is 0.452. The summed E-state index contributed by atoms with van der Waals surface area (Å²) in [7, 11) is 0. The van der Waals surface area contributed by atoms with Gasteiger partial charge in [-0.3, -0.25) is 0 Å². The number of aromatic nitrogens is 1. The molecule has 2 nitrogen and oxygen atoms in total. The van der Waals surface area contributed by atoms with Crippen molar-refractivity contribution in [3.8, 4) is 5.88 Å². The molecular weight excluding hydrogens is 154 g/mol. The monoisotopic (exact) mass is 161 g/mol. The first-order valence-corrected chi connectivity index (χ1v) is 4.48. The molecule has 0 aliphatic carbocycles. The summed E-state index contributed by atoms with van der Waals surface area (Å²) in [4.78, 5) is 4.75. The summed E-state index contributed by atoms with van der Waals surface area (Å²) < 4.78 is 0.921. The third kappa shape index (κ3) is 1.37. The zero-order valence-corrected chi connectivity index (χ0v) is 6.84. The van der Waals surface area contributed by atoms with E-state index in [2.05, 4.69) is 4.98 Å². The Kier molecular flexibility index (Phi) is 1.97. The van der Waals surface area contributed by atoms with Gasteiger partial charge in [0.05, 0.1) is 4.88 Å². The molecule has 50 valence electrons. The molecule has 0 amide bonds. The van der Waals surface area contributed by atoms with E-state index in [1.54, 1.807) is 11.8 Å². The Morgan fingerprint density at radius 2 is 2.33 bits per heavy atom. The highest BCUT2D eigenvalue weighted by molar-refractivity contribution is 8.00. The van der Waals surface area contributed by atoms with Gasteiger partial charge in [0.15, 0.2) is 4.34 Å². The van der Waals surface area contributed by atoms with Crippen LogP contribution in [0.2, 0.25) is 0 Å². The van der Waals surface area contributed by atoms with Crippen LogP contribution in [0.4, 0.5) is 0 Å². The summed E-state index contributed by atoms with van der Waals surface area (Å²) in [5, 5.41) is 8.96. The summed E-state index contributed by atoms with van der Waals surface area (Å²) in [6.45, 7) is 1.85. The average Bonchev–Trinajstić information content (AvgIpc) is 2.13. The van der Waals surface area contributed by atoms with Crippen LogP contribution >= 0.6 is 23.1 Å². The summed E-state index contributed by atoms with van der Waals surface area (Å²) in [6, 6.07) is 0. The van der Waals surface area contributed by atoms with Gasteiger partial charge in [-0.2, -0.15) is 4.98 Å². The van der Waals surface area contributed by atoms with E-state index in [0.717, 1.165) is 9.22 Å². The van der Waals surface area contributed by atoms with Crippen molar-refractivity contribution in [2.24, 2.45) is 0 Å². The highest BCUT2D eigenvalue weighted by atomic mass is 32.2. The average molecular weight is 161 g/mol. The maximum absolute atomic E-state index is 8.96. The molecule has 1 N–H and O–H groups in total. The van der Waals surface area contributed by atoms with Crippen LogP contribution in [0, 0.1) is 6.92 Å². The first kappa shape index (κ1) is 6.89. The Morgan fingerprint density at radius 3 is 2.56 bits per heavy atom. The van der Waals surface area contributed by atoms with E-state index in [-0.39, 0.29) is 5.88 Å². The second-order valence-corrected chi connectivity index (χ2v) is 3.82. The summed E-state index contributed by atoms with van der Waals surface area (Å²) in [5.74, 6) is 0.171. The Bertz CT molecular complexity index is 189. The Morgan fingerprint density at radius 1 is 1.67 bits per heavy atom. The molecule has 1 rings (SSSR count). The topological polar surface area (TPSA) is 33.1 Å². The van der Waals surface area contributed by atoms with Crippen LogP contribution < -0.4 is 0 Å². The minimum absolute atomic E-state index is 0.171. The van der Waals surface area contributed by atoms with E-state index >= 15 is 0 Å². The highest BCUT2D eigenvalue weighted by Crippen LogP contribution is 2.28. The van der Waals surface area contributed by atoms with E-state index in [4.69, 9.17) is 5.11 Å². The molecule has 0 aliphatic heterocycles. The molecular formula is C5H7NOS2. The van der Waals surface area contributed by atoms with Crippen LogP contribution in [0.15, 0.2) is 4.34 Å². The van der Waals surface area contributed by atoms with E-state index < -0.39 is 0 Å². The Balaban J connectivity index is 2.98. The predicted molar refractivity (Wildman–Crippen MR) is 40.3 cm³/mol. The number of rotatable bonds is 1. The number of thiazole rings is 1. The Labute approximate surface area is 61.9 Å². The second-order valence-electron chi connectivity index (χ2n) is 1.56. The number of hydrogen-bond donors (Lipinski definition) is 1. The maximum Gasteiger partial charge on any atom is 0.226 e. The zero-order valence-electron chi connectivity index (χ0n) is 5.21. The molecule has 0 aromatic carbocycles. The molecule has 0 spiro atoms. The number of aryl methyl sites for hydroxylation is 1. The molecule has 4 heteroatoms. The van der Waals surface area contributed by atoms with E-state index in [1.807, 2.05) is 13.2 Å². The fraction of sp³-hybridized carbons (Fsp3) is 0.400. The van der Waals surface area contributed by atoms with Gasteiger partial charge in [0.1, 0.15) is 0 Å². The van der Waals surface area contributed by atoms with Gasteiger partial charge in [-0.05, 0) is 13.2 Å². The van der Waals surface area contributed by atoms with Crippen LogP contribution in [0.1, 0.15) is 4.88 Å². The minimum Gasteiger partial charge on any atom is -0.492 e. The smallest absolute Gasteiger partial charge is 0.226 e. The van der Waals surface area contributed by atoms with Crippen LogP contribution in [0.5, 0.6) is 5.88 Å². The molecule has 0 atom stereocenters. The van der Waals surface area contributed by atoms with Crippen molar-refractivity contribution in [3.63, 3.8) is 0 Å².